The molecule has 0 bridgehead atoms. The zero-order chi connectivity index (χ0) is 32.8. The monoisotopic (exact) mass is 642 g/mol. The molecule has 0 atom stereocenters. The van der Waals surface area contributed by atoms with E-state index < -0.39 is 0 Å². The van der Waals surface area contributed by atoms with E-state index in [9.17, 15) is 0 Å². The summed E-state index contributed by atoms with van der Waals surface area (Å²) in [6, 6.07) is 54.4. The number of hydrogen-bond acceptors (Lipinski definition) is 5. The summed E-state index contributed by atoms with van der Waals surface area (Å²) >= 11 is 0. The van der Waals surface area contributed by atoms with Crippen molar-refractivity contribution in [2.24, 2.45) is 0 Å². The number of anilines is 3. The summed E-state index contributed by atoms with van der Waals surface area (Å²) in [5, 5.41) is 8.78. The van der Waals surface area contributed by atoms with Crippen molar-refractivity contribution in [2.75, 3.05) is 4.90 Å². The fourth-order valence-electron chi connectivity index (χ4n) is 7.61. The molecule has 8 aromatic carbocycles. The van der Waals surface area contributed by atoms with Crippen LogP contribution in [0.15, 0.2) is 171 Å². The van der Waals surface area contributed by atoms with Crippen LogP contribution in [0.1, 0.15) is 0 Å². The van der Waals surface area contributed by atoms with E-state index in [2.05, 4.69) is 126 Å². The Kier molecular flexibility index (Phi) is 5.60. The van der Waals surface area contributed by atoms with Gasteiger partial charge in [-0.3, -0.25) is 0 Å². The quantitative estimate of drug-likeness (QED) is 0.191. The number of benzene rings is 8. The van der Waals surface area contributed by atoms with E-state index in [4.69, 9.17) is 18.2 Å². The molecule has 0 unspecified atom stereocenters. The summed E-state index contributed by atoms with van der Waals surface area (Å²) in [6.45, 7) is 0. The van der Waals surface area contributed by atoms with E-state index in [1.54, 1.807) is 0 Å². The van der Waals surface area contributed by atoms with Gasteiger partial charge in [-0.2, -0.15) is 0 Å². The number of para-hydroxylation sites is 1. The Morgan fingerprint density at radius 2 is 1.06 bits per heavy atom. The second kappa shape index (κ2) is 10.3. The van der Waals surface area contributed by atoms with Crippen LogP contribution in [0.2, 0.25) is 0 Å². The third-order valence-electron chi connectivity index (χ3n) is 9.87. The Morgan fingerprint density at radius 1 is 0.380 bits per heavy atom. The normalized spacial score (nSPS) is 12.0. The lowest BCUT2D eigenvalue weighted by Gasteiger charge is -2.25. The van der Waals surface area contributed by atoms with Gasteiger partial charge in [0.25, 0.3) is 0 Å². The molecule has 0 fully saturated rings. The standard InChI is InChI=1S/C45H26N2O3/c1-2-11-29(12-3-1)47(31-19-21-34-41(26-31)49-39-22-17-27-9-4-6-13-32(27)42(34)39)30-20-24-37-36(25-30)43-35(15-8-16-38(43)48-37)45-46-44-33-14-7-5-10-28(33)18-23-40(44)50-45/h1-26H. The molecule has 50 heavy (non-hydrogen) atoms. The molecule has 3 aromatic heterocycles. The van der Waals surface area contributed by atoms with Gasteiger partial charge in [-0.15, -0.1) is 0 Å². The number of aromatic nitrogens is 1. The van der Waals surface area contributed by atoms with Gasteiger partial charge in [0.1, 0.15) is 27.8 Å². The zero-order valence-corrected chi connectivity index (χ0v) is 26.6. The first kappa shape index (κ1) is 27.1. The minimum absolute atomic E-state index is 0.567. The molecule has 0 saturated heterocycles. The molecule has 11 rings (SSSR count). The smallest absolute Gasteiger partial charge is 0.228 e. The first-order valence-corrected chi connectivity index (χ1v) is 16.7. The maximum atomic E-state index is 6.50. The number of fused-ring (bicyclic) bond motifs is 11. The second-order valence-corrected chi connectivity index (χ2v) is 12.7. The number of nitrogens with zero attached hydrogens (tertiary/aromatic N) is 2. The Hall–Kier alpha value is -6.85. The van der Waals surface area contributed by atoms with Crippen LogP contribution in [0.4, 0.5) is 17.1 Å². The Labute approximate surface area is 285 Å². The van der Waals surface area contributed by atoms with E-state index in [0.29, 0.717) is 5.89 Å². The van der Waals surface area contributed by atoms with E-state index >= 15 is 0 Å². The van der Waals surface area contributed by atoms with E-state index in [1.807, 2.05) is 36.4 Å². The molecular formula is C45H26N2O3. The molecule has 0 N–H and O–H groups in total. The SMILES string of the molecule is c1ccc(N(c2ccc3c(c2)oc2ccc4ccccc4c23)c2ccc3oc4cccc(-c5nc6c(ccc7ccccc76)o5)c4c3c2)cc1. The van der Waals surface area contributed by atoms with Crippen molar-refractivity contribution < 1.29 is 13.3 Å². The lowest BCUT2D eigenvalue weighted by Crippen LogP contribution is -2.09. The van der Waals surface area contributed by atoms with Crippen LogP contribution in [0, 0.1) is 0 Å². The fourth-order valence-corrected chi connectivity index (χ4v) is 7.61. The van der Waals surface area contributed by atoms with Crippen molar-refractivity contribution in [3.63, 3.8) is 0 Å². The van der Waals surface area contributed by atoms with Crippen LogP contribution in [-0.4, -0.2) is 4.98 Å². The number of hydrogen-bond donors (Lipinski definition) is 0. The third-order valence-corrected chi connectivity index (χ3v) is 9.87. The predicted octanol–water partition coefficient (Wildman–Crippen LogP) is 13.1. The average molecular weight is 643 g/mol. The van der Waals surface area contributed by atoms with Crippen molar-refractivity contribution in [2.45, 2.75) is 0 Å². The van der Waals surface area contributed by atoms with Crippen molar-refractivity contribution in [3.05, 3.63) is 158 Å². The van der Waals surface area contributed by atoms with Gasteiger partial charge in [0.15, 0.2) is 5.58 Å². The van der Waals surface area contributed by atoms with Crippen LogP contribution >= 0.6 is 0 Å². The highest BCUT2D eigenvalue weighted by Gasteiger charge is 2.21. The van der Waals surface area contributed by atoms with Gasteiger partial charge in [0.05, 0.1) is 0 Å². The number of oxazole rings is 1. The molecule has 5 nitrogen and oxygen atoms in total. The zero-order valence-electron chi connectivity index (χ0n) is 26.6. The van der Waals surface area contributed by atoms with E-state index in [0.717, 1.165) is 88.4 Å². The summed E-state index contributed by atoms with van der Waals surface area (Å²) in [6.07, 6.45) is 0. The molecule has 5 heteroatoms. The Bertz CT molecular complexity index is 3110. The van der Waals surface area contributed by atoms with E-state index in [-0.39, 0.29) is 0 Å². The molecule has 234 valence electrons. The largest absolute Gasteiger partial charge is 0.456 e. The van der Waals surface area contributed by atoms with Gasteiger partial charge in [-0.1, -0.05) is 84.9 Å². The lowest BCUT2D eigenvalue weighted by atomic mass is 10.0. The lowest BCUT2D eigenvalue weighted by molar-refractivity contribution is 0.620. The highest BCUT2D eigenvalue weighted by Crippen LogP contribution is 2.44. The van der Waals surface area contributed by atoms with E-state index in [1.165, 1.54) is 10.8 Å². The molecule has 0 aliphatic rings. The Morgan fingerprint density at radius 3 is 1.94 bits per heavy atom. The minimum atomic E-state index is 0.567. The average Bonchev–Trinajstić information content (AvgIpc) is 3.89. The predicted molar refractivity (Wildman–Crippen MR) is 204 cm³/mol. The molecular weight excluding hydrogens is 617 g/mol. The first-order valence-electron chi connectivity index (χ1n) is 16.7. The van der Waals surface area contributed by atoms with Crippen LogP contribution in [0.5, 0.6) is 0 Å². The summed E-state index contributed by atoms with van der Waals surface area (Å²) in [4.78, 5) is 7.30. The van der Waals surface area contributed by atoms with Crippen LogP contribution in [0.25, 0.3) is 88.0 Å². The van der Waals surface area contributed by atoms with Crippen molar-refractivity contribution in [3.8, 4) is 11.5 Å². The van der Waals surface area contributed by atoms with Crippen LogP contribution in [0.3, 0.4) is 0 Å². The minimum Gasteiger partial charge on any atom is -0.456 e. The molecule has 0 amide bonds. The van der Waals surface area contributed by atoms with Crippen molar-refractivity contribution >= 4 is 93.6 Å². The van der Waals surface area contributed by atoms with Crippen molar-refractivity contribution in [1.82, 2.24) is 4.98 Å². The van der Waals surface area contributed by atoms with Gasteiger partial charge in [-0.05, 0) is 82.9 Å². The fraction of sp³-hybridized carbons (Fsp3) is 0. The van der Waals surface area contributed by atoms with Crippen LogP contribution < -0.4 is 4.90 Å². The molecule has 0 radical (unpaired) electrons. The van der Waals surface area contributed by atoms with Gasteiger partial charge in [-0.25, -0.2) is 4.98 Å². The number of rotatable bonds is 4. The maximum Gasteiger partial charge on any atom is 0.228 e. The highest BCUT2D eigenvalue weighted by atomic mass is 16.4. The molecule has 0 aliphatic heterocycles. The summed E-state index contributed by atoms with van der Waals surface area (Å²) in [5.41, 5.74) is 8.82. The maximum absolute atomic E-state index is 6.50. The van der Waals surface area contributed by atoms with Gasteiger partial charge >= 0.3 is 0 Å². The van der Waals surface area contributed by atoms with Gasteiger partial charge < -0.3 is 18.2 Å². The van der Waals surface area contributed by atoms with Gasteiger partial charge in [0, 0.05) is 55.6 Å². The summed E-state index contributed by atoms with van der Waals surface area (Å²) < 4.78 is 19.3. The molecule has 3 heterocycles. The number of furan rings is 2. The topological polar surface area (TPSA) is 55.6 Å². The first-order chi connectivity index (χ1) is 24.8. The molecule has 11 aromatic rings. The summed E-state index contributed by atoms with van der Waals surface area (Å²) in [5.74, 6) is 0.567. The van der Waals surface area contributed by atoms with Crippen molar-refractivity contribution in [1.29, 1.82) is 0 Å². The molecule has 0 aliphatic carbocycles. The molecule has 0 spiro atoms. The molecule has 0 saturated carbocycles. The summed E-state index contributed by atoms with van der Waals surface area (Å²) in [7, 11) is 0. The Balaban J connectivity index is 1.11. The third kappa shape index (κ3) is 3.98. The highest BCUT2D eigenvalue weighted by molar-refractivity contribution is 6.19. The van der Waals surface area contributed by atoms with Gasteiger partial charge in [0.2, 0.25) is 5.89 Å². The second-order valence-electron chi connectivity index (χ2n) is 12.7. The van der Waals surface area contributed by atoms with Crippen LogP contribution in [-0.2, 0) is 0 Å².